The van der Waals surface area contributed by atoms with E-state index in [1.165, 1.54) is 72.0 Å². The maximum absolute atomic E-state index is 2.50. The Morgan fingerprint density at radius 1 is 0.400 bits per heavy atom. The van der Waals surface area contributed by atoms with Crippen LogP contribution in [-0.2, 0) is 16.2 Å². The van der Waals surface area contributed by atoms with Gasteiger partial charge in [-0.1, -0.05) is 180 Å². The number of benzene rings is 8. The summed E-state index contributed by atoms with van der Waals surface area (Å²) in [6, 6.07) is 68.1. The van der Waals surface area contributed by atoms with Crippen LogP contribution in [0.25, 0.3) is 33.0 Å². The van der Waals surface area contributed by atoms with Crippen LogP contribution in [-0.4, -0.2) is 0 Å². The molecule has 2 aliphatic rings. The molecule has 1 atom stereocenters. The van der Waals surface area contributed by atoms with Gasteiger partial charge in [-0.2, -0.15) is 0 Å². The highest BCUT2D eigenvalue weighted by molar-refractivity contribution is 5.92. The maximum atomic E-state index is 2.50. The third-order valence-electron chi connectivity index (χ3n) is 12.4. The van der Waals surface area contributed by atoms with E-state index in [2.05, 4.69) is 222 Å². The molecule has 0 aliphatic heterocycles. The van der Waals surface area contributed by atoms with Gasteiger partial charge in [-0.15, -0.1) is 0 Å². The average Bonchev–Trinajstić information content (AvgIpc) is 3.51. The second-order valence-corrected chi connectivity index (χ2v) is 17.0. The second kappa shape index (κ2) is 12.2. The van der Waals surface area contributed by atoms with Crippen LogP contribution in [0, 0.1) is 0 Å². The van der Waals surface area contributed by atoms with Crippen LogP contribution in [0.5, 0.6) is 0 Å². The Labute approximate surface area is 325 Å². The van der Waals surface area contributed by atoms with Crippen LogP contribution in [0.3, 0.4) is 0 Å². The first-order valence-corrected chi connectivity index (χ1v) is 19.6. The molecule has 1 nitrogen and oxygen atoms in total. The van der Waals surface area contributed by atoms with Crippen molar-refractivity contribution in [2.75, 3.05) is 4.90 Å². The van der Waals surface area contributed by atoms with Crippen molar-refractivity contribution in [2.24, 2.45) is 0 Å². The first-order valence-electron chi connectivity index (χ1n) is 19.6. The van der Waals surface area contributed by atoms with Gasteiger partial charge in [-0.05, 0) is 114 Å². The van der Waals surface area contributed by atoms with E-state index in [4.69, 9.17) is 0 Å². The van der Waals surface area contributed by atoms with Crippen molar-refractivity contribution in [2.45, 2.75) is 50.9 Å². The summed E-state index contributed by atoms with van der Waals surface area (Å²) in [5.41, 5.74) is 17.6. The van der Waals surface area contributed by atoms with Crippen LogP contribution >= 0.6 is 0 Å². The third-order valence-corrected chi connectivity index (χ3v) is 12.4. The summed E-state index contributed by atoms with van der Waals surface area (Å²) < 4.78 is 0. The SMILES string of the molecule is CC(C)(C)c1cccc2c1-c1ccccc1C21c2ccccc2C(C)(C)c2cc(N(c3ccc(-c4ccccc4)cc3)c3ccc4ccccc4c3)ccc21. The molecule has 1 heteroatoms. The number of fused-ring (bicyclic) bond motifs is 10. The van der Waals surface area contributed by atoms with E-state index in [1.807, 2.05) is 0 Å². The molecule has 10 rings (SSSR count). The van der Waals surface area contributed by atoms with Gasteiger partial charge in [0.25, 0.3) is 0 Å². The lowest BCUT2D eigenvalue weighted by atomic mass is 9.55. The van der Waals surface area contributed by atoms with Crippen molar-refractivity contribution in [3.8, 4) is 22.3 Å². The van der Waals surface area contributed by atoms with E-state index in [9.17, 15) is 0 Å². The molecule has 1 spiro atoms. The minimum absolute atomic E-state index is 0.0133. The number of hydrogen-bond donors (Lipinski definition) is 0. The minimum Gasteiger partial charge on any atom is -0.310 e. The van der Waals surface area contributed by atoms with Crippen molar-refractivity contribution < 1.29 is 0 Å². The molecule has 0 aromatic heterocycles. The second-order valence-electron chi connectivity index (χ2n) is 17.0. The molecule has 55 heavy (non-hydrogen) atoms. The fourth-order valence-corrected chi connectivity index (χ4v) is 9.89. The summed E-state index contributed by atoms with van der Waals surface area (Å²) in [6.45, 7) is 11.9. The molecule has 0 radical (unpaired) electrons. The van der Waals surface area contributed by atoms with E-state index in [0.29, 0.717) is 0 Å². The predicted molar refractivity (Wildman–Crippen MR) is 232 cm³/mol. The zero-order chi connectivity index (χ0) is 37.5. The first kappa shape index (κ1) is 33.4. The van der Waals surface area contributed by atoms with Gasteiger partial charge in [-0.3, -0.25) is 0 Å². The summed E-state index contributed by atoms with van der Waals surface area (Å²) in [6.07, 6.45) is 0. The first-order chi connectivity index (χ1) is 26.7. The highest BCUT2D eigenvalue weighted by Gasteiger charge is 2.54. The zero-order valence-electron chi connectivity index (χ0n) is 32.3. The van der Waals surface area contributed by atoms with Crippen LogP contribution in [0.15, 0.2) is 182 Å². The fourth-order valence-electron chi connectivity index (χ4n) is 9.89. The molecular formula is C54H45N. The topological polar surface area (TPSA) is 3.24 Å². The third kappa shape index (κ3) is 4.92. The monoisotopic (exact) mass is 707 g/mol. The van der Waals surface area contributed by atoms with Gasteiger partial charge in [0.05, 0.1) is 5.41 Å². The van der Waals surface area contributed by atoms with Crippen LogP contribution in [0.4, 0.5) is 17.1 Å². The molecule has 266 valence electrons. The summed E-state index contributed by atoms with van der Waals surface area (Å²) >= 11 is 0. The van der Waals surface area contributed by atoms with Crippen molar-refractivity contribution in [3.63, 3.8) is 0 Å². The van der Waals surface area contributed by atoms with Crippen LogP contribution < -0.4 is 4.90 Å². The molecule has 0 bridgehead atoms. The van der Waals surface area contributed by atoms with Gasteiger partial charge < -0.3 is 4.90 Å². The zero-order valence-corrected chi connectivity index (χ0v) is 32.3. The molecule has 0 saturated carbocycles. The largest absolute Gasteiger partial charge is 0.310 e. The van der Waals surface area contributed by atoms with Crippen molar-refractivity contribution >= 4 is 27.8 Å². The van der Waals surface area contributed by atoms with Crippen molar-refractivity contribution in [1.82, 2.24) is 0 Å². The molecule has 8 aromatic carbocycles. The Kier molecular flexibility index (Phi) is 7.39. The number of rotatable bonds is 4. The Balaban J connectivity index is 1.24. The molecule has 0 N–H and O–H groups in total. The molecule has 1 unspecified atom stereocenters. The van der Waals surface area contributed by atoms with E-state index in [0.717, 1.165) is 17.1 Å². The molecule has 0 fully saturated rings. The van der Waals surface area contributed by atoms with Gasteiger partial charge in [0.1, 0.15) is 0 Å². The van der Waals surface area contributed by atoms with Gasteiger partial charge in [-0.25, -0.2) is 0 Å². The van der Waals surface area contributed by atoms with Gasteiger partial charge >= 0.3 is 0 Å². The maximum Gasteiger partial charge on any atom is 0.0719 e. The highest BCUT2D eigenvalue weighted by Crippen LogP contribution is 2.63. The van der Waals surface area contributed by atoms with E-state index < -0.39 is 5.41 Å². The lowest BCUT2D eigenvalue weighted by Gasteiger charge is -2.47. The molecule has 0 heterocycles. The highest BCUT2D eigenvalue weighted by atomic mass is 15.1. The molecule has 0 amide bonds. The van der Waals surface area contributed by atoms with Gasteiger partial charge in [0, 0.05) is 22.5 Å². The van der Waals surface area contributed by atoms with Gasteiger partial charge in [0.15, 0.2) is 0 Å². The normalized spacial score (nSPS) is 16.3. The smallest absolute Gasteiger partial charge is 0.0719 e. The van der Waals surface area contributed by atoms with E-state index in [1.54, 1.807) is 0 Å². The number of hydrogen-bond acceptors (Lipinski definition) is 1. The summed E-state index contributed by atoms with van der Waals surface area (Å²) in [5, 5.41) is 2.47. The lowest BCUT2D eigenvalue weighted by molar-refractivity contribution is 0.561. The number of anilines is 3. The van der Waals surface area contributed by atoms with E-state index in [-0.39, 0.29) is 10.8 Å². The Morgan fingerprint density at radius 3 is 1.73 bits per heavy atom. The minimum atomic E-state index is -0.446. The molecular weight excluding hydrogens is 663 g/mol. The van der Waals surface area contributed by atoms with Crippen molar-refractivity contribution in [3.05, 3.63) is 221 Å². The predicted octanol–water partition coefficient (Wildman–Crippen LogP) is 14.3. The number of nitrogens with zero attached hydrogens (tertiary/aromatic N) is 1. The summed E-state index contributed by atoms with van der Waals surface area (Å²) in [7, 11) is 0. The molecule has 8 aromatic rings. The summed E-state index contributed by atoms with van der Waals surface area (Å²) in [5.74, 6) is 0. The van der Waals surface area contributed by atoms with Gasteiger partial charge in [0.2, 0.25) is 0 Å². The molecule has 0 saturated heterocycles. The Morgan fingerprint density at radius 2 is 0.964 bits per heavy atom. The standard InChI is InChI=1S/C54H45N/c1-52(2,3)48-24-15-25-49-51(48)43-20-11-12-21-44(43)54(49)46-23-14-13-22-45(46)53(4,5)50-35-42(32-33-47(50)54)55(41-31-28-37-18-9-10-19-39(37)34-41)40-29-26-38(27-30-40)36-16-7-6-8-17-36/h6-35H,1-5H3. The van der Waals surface area contributed by atoms with Crippen LogP contribution in [0.2, 0.25) is 0 Å². The Hall–Kier alpha value is -6.18. The quantitative estimate of drug-likeness (QED) is 0.176. The average molecular weight is 708 g/mol. The van der Waals surface area contributed by atoms with Crippen LogP contribution in [0.1, 0.15) is 73.6 Å². The van der Waals surface area contributed by atoms with E-state index >= 15 is 0 Å². The molecule has 2 aliphatic carbocycles. The fraction of sp³-hybridized carbons (Fsp3) is 0.148. The lowest BCUT2D eigenvalue weighted by Crippen LogP contribution is -2.40. The Bertz CT molecular complexity index is 2760. The summed E-state index contributed by atoms with van der Waals surface area (Å²) in [4.78, 5) is 2.44. The van der Waals surface area contributed by atoms with Crippen molar-refractivity contribution in [1.29, 1.82) is 0 Å².